The van der Waals surface area contributed by atoms with E-state index >= 15 is 0 Å². The van der Waals surface area contributed by atoms with Crippen molar-refractivity contribution in [1.82, 2.24) is 19.8 Å². The first kappa shape index (κ1) is 32.2. The summed E-state index contributed by atoms with van der Waals surface area (Å²) in [6.07, 6.45) is -0.0171. The third-order valence-corrected chi connectivity index (χ3v) is 6.02. The van der Waals surface area contributed by atoms with Crippen molar-refractivity contribution < 1.29 is 43.6 Å². The molecule has 2 heterocycles. The Kier molecular flexibility index (Phi) is 12.1. The summed E-state index contributed by atoms with van der Waals surface area (Å²) in [7, 11) is 0. The highest BCUT2D eigenvalue weighted by Crippen LogP contribution is 2.28. The minimum Gasteiger partial charge on any atom is -0.449 e. The Bertz CT molecular complexity index is 1180. The average molecular weight is 566 g/mol. The van der Waals surface area contributed by atoms with Gasteiger partial charge in [0, 0.05) is 38.5 Å². The lowest BCUT2D eigenvalue weighted by Crippen LogP contribution is -2.39. The van der Waals surface area contributed by atoms with Gasteiger partial charge in [-0.25, -0.2) is 19.3 Å². The van der Waals surface area contributed by atoms with Crippen LogP contribution in [0.4, 0.5) is 10.6 Å². The number of nitrogen functional groups attached to an aromatic ring is 1. The minimum atomic E-state index is -1.47. The van der Waals surface area contributed by atoms with Crippen LogP contribution in [0.25, 0.3) is 0 Å². The molecule has 0 bridgehead atoms. The van der Waals surface area contributed by atoms with E-state index in [4.69, 9.17) is 26.4 Å². The molecule has 1 unspecified atom stereocenters. The smallest absolute Gasteiger partial charge is 0.416 e. The third-order valence-electron chi connectivity index (χ3n) is 6.02. The molecular formula is C25H35N5O10. The van der Waals surface area contributed by atoms with Gasteiger partial charge in [0.25, 0.3) is 0 Å². The van der Waals surface area contributed by atoms with E-state index in [0.29, 0.717) is 19.4 Å². The number of imide groups is 1. The first-order valence-corrected chi connectivity index (χ1v) is 12.8. The Morgan fingerprint density at radius 2 is 1.98 bits per heavy atom. The van der Waals surface area contributed by atoms with Crippen LogP contribution in [0.3, 0.4) is 0 Å². The third kappa shape index (κ3) is 8.25. The summed E-state index contributed by atoms with van der Waals surface area (Å²) in [6.45, 7) is 4.78. The van der Waals surface area contributed by atoms with Crippen LogP contribution in [-0.2, 0) is 23.8 Å². The molecule has 15 nitrogen and oxygen atoms in total. The van der Waals surface area contributed by atoms with E-state index in [1.165, 1.54) is 6.92 Å². The van der Waals surface area contributed by atoms with Gasteiger partial charge in [0.2, 0.25) is 11.8 Å². The van der Waals surface area contributed by atoms with Gasteiger partial charge < -0.3 is 35.5 Å². The van der Waals surface area contributed by atoms with E-state index in [1.54, 1.807) is 13.8 Å². The molecule has 1 aliphatic heterocycles. The fraction of sp³-hybridized carbons (Fsp3) is 0.600. The van der Waals surface area contributed by atoms with E-state index < -0.39 is 60.1 Å². The molecule has 2 rings (SSSR count). The molecule has 0 radical (unpaired) electrons. The van der Waals surface area contributed by atoms with Crippen molar-refractivity contribution in [1.29, 1.82) is 0 Å². The molecule has 0 saturated carbocycles. The number of aliphatic hydroxyl groups excluding tert-OH is 2. The summed E-state index contributed by atoms with van der Waals surface area (Å²) in [5.74, 6) is 0.0345. The maximum Gasteiger partial charge on any atom is 0.416 e. The number of nitrogens with two attached hydrogens (primary N) is 1. The summed E-state index contributed by atoms with van der Waals surface area (Å²) in [5, 5.41) is 22.8. The molecule has 0 spiro atoms. The molecule has 3 amide bonds. The first-order valence-electron chi connectivity index (χ1n) is 12.8. The summed E-state index contributed by atoms with van der Waals surface area (Å²) in [4.78, 5) is 65.7. The van der Waals surface area contributed by atoms with Crippen molar-refractivity contribution in [3.05, 3.63) is 22.2 Å². The number of esters is 1. The van der Waals surface area contributed by atoms with Crippen molar-refractivity contribution in [3.8, 4) is 12.3 Å². The van der Waals surface area contributed by atoms with Crippen LogP contribution in [0, 0.1) is 12.3 Å². The van der Waals surface area contributed by atoms with Crippen LogP contribution < -0.4 is 16.7 Å². The maximum atomic E-state index is 12.9. The summed E-state index contributed by atoms with van der Waals surface area (Å²) in [5.41, 5.74) is 4.44. The van der Waals surface area contributed by atoms with Crippen LogP contribution in [0.2, 0.25) is 0 Å². The Morgan fingerprint density at radius 1 is 1.27 bits per heavy atom. The van der Waals surface area contributed by atoms with Gasteiger partial charge in [0.1, 0.15) is 23.6 Å². The van der Waals surface area contributed by atoms with Gasteiger partial charge in [-0.05, 0) is 13.3 Å². The van der Waals surface area contributed by atoms with Gasteiger partial charge in [-0.1, -0.05) is 19.8 Å². The van der Waals surface area contributed by atoms with Crippen molar-refractivity contribution >= 4 is 29.7 Å². The molecule has 1 fully saturated rings. The number of carbonyl (C=O) groups is 4. The molecule has 0 aromatic carbocycles. The quantitative estimate of drug-likeness (QED) is 0.141. The van der Waals surface area contributed by atoms with Crippen LogP contribution in [0.5, 0.6) is 0 Å². The Hall–Kier alpha value is -4.00. The van der Waals surface area contributed by atoms with Gasteiger partial charge in [0.05, 0.1) is 12.7 Å². The number of nitrogens with zero attached hydrogens (tertiary/aromatic N) is 3. The SMILES string of the molecule is C#CC(CCN(C(=O)CC)C(=O)OCCCNC(=O)CC)OC(=O)c1cn([C@@H]2O[C@H](C)[C@@H](O)[C@H]2O)c(=O)nc1N. The van der Waals surface area contributed by atoms with Crippen molar-refractivity contribution in [2.45, 2.75) is 77.1 Å². The van der Waals surface area contributed by atoms with Gasteiger partial charge in [-0.2, -0.15) is 4.98 Å². The second-order valence-electron chi connectivity index (χ2n) is 8.86. The highest BCUT2D eigenvalue weighted by Gasteiger charge is 2.42. The number of aromatic nitrogens is 2. The van der Waals surface area contributed by atoms with Crippen molar-refractivity contribution in [2.75, 3.05) is 25.4 Å². The zero-order valence-electron chi connectivity index (χ0n) is 22.6. The lowest BCUT2D eigenvalue weighted by atomic mass is 10.1. The minimum absolute atomic E-state index is 0.00564. The van der Waals surface area contributed by atoms with E-state index in [1.807, 2.05) is 0 Å². The molecule has 1 aromatic heterocycles. The molecular weight excluding hydrogens is 530 g/mol. The van der Waals surface area contributed by atoms with Crippen molar-refractivity contribution in [3.63, 3.8) is 0 Å². The van der Waals surface area contributed by atoms with E-state index in [0.717, 1.165) is 15.7 Å². The van der Waals surface area contributed by atoms with Gasteiger partial charge in [-0.3, -0.25) is 14.2 Å². The second kappa shape index (κ2) is 15.0. The number of amides is 3. The number of rotatable bonds is 12. The lowest BCUT2D eigenvalue weighted by Gasteiger charge is -2.22. The zero-order valence-corrected chi connectivity index (χ0v) is 22.6. The van der Waals surface area contributed by atoms with Gasteiger partial charge in [0.15, 0.2) is 12.3 Å². The molecule has 1 aliphatic rings. The Labute approximate surface area is 230 Å². The van der Waals surface area contributed by atoms with Crippen molar-refractivity contribution in [2.24, 2.45) is 0 Å². The van der Waals surface area contributed by atoms with Crippen LogP contribution in [0.1, 0.15) is 63.0 Å². The number of ether oxygens (including phenoxy) is 3. The second-order valence-corrected chi connectivity index (χ2v) is 8.86. The molecule has 40 heavy (non-hydrogen) atoms. The van der Waals surface area contributed by atoms with Crippen LogP contribution in [-0.4, -0.2) is 92.7 Å². The molecule has 15 heteroatoms. The highest BCUT2D eigenvalue weighted by molar-refractivity contribution is 5.94. The largest absolute Gasteiger partial charge is 0.449 e. The van der Waals surface area contributed by atoms with Gasteiger partial charge in [-0.15, -0.1) is 6.42 Å². The maximum absolute atomic E-state index is 12.9. The molecule has 0 aliphatic carbocycles. The number of nitrogens with one attached hydrogen (secondary N) is 1. The molecule has 1 saturated heterocycles. The molecule has 220 valence electrons. The van der Waals surface area contributed by atoms with E-state index in [9.17, 15) is 34.2 Å². The number of terminal acetylenes is 1. The zero-order chi connectivity index (χ0) is 30.0. The first-order chi connectivity index (χ1) is 18.9. The van der Waals surface area contributed by atoms with Crippen LogP contribution in [0.15, 0.2) is 11.0 Å². The summed E-state index contributed by atoms with van der Waals surface area (Å²) < 4.78 is 16.6. The Balaban J connectivity index is 2.05. The predicted octanol–water partition coefficient (Wildman–Crippen LogP) is -0.695. The van der Waals surface area contributed by atoms with E-state index in [-0.39, 0.29) is 37.5 Å². The normalized spacial score (nSPS) is 20.7. The molecule has 5 atom stereocenters. The number of anilines is 1. The summed E-state index contributed by atoms with van der Waals surface area (Å²) in [6, 6.07) is 0. The number of aliphatic hydroxyl groups is 2. The van der Waals surface area contributed by atoms with Gasteiger partial charge >= 0.3 is 17.8 Å². The topological polar surface area (TPSA) is 213 Å². The Morgan fingerprint density at radius 3 is 2.55 bits per heavy atom. The number of hydrogen-bond donors (Lipinski definition) is 4. The van der Waals surface area contributed by atoms with Crippen LogP contribution >= 0.6 is 0 Å². The number of hydrogen-bond acceptors (Lipinski definition) is 12. The monoisotopic (exact) mass is 565 g/mol. The summed E-state index contributed by atoms with van der Waals surface area (Å²) >= 11 is 0. The predicted molar refractivity (Wildman–Crippen MR) is 138 cm³/mol. The fourth-order valence-corrected chi connectivity index (χ4v) is 3.66. The highest BCUT2D eigenvalue weighted by atomic mass is 16.6. The standard InChI is InChI=1S/C25H35N5O10/c1-5-15(9-11-29(18(32)7-3)25(37)38-12-8-10-27-17(31)6-2)40-23(35)16-13-30(24(36)28-21(16)26)22-20(34)19(33)14(4)39-22/h1,13-15,19-20,22,33-34H,6-12H2,2-4H3,(H,27,31)(H2,26,28,36)/t14-,15?,19-,20-,22-/m1/s1. The van der Waals surface area contributed by atoms with E-state index in [2.05, 4.69) is 16.2 Å². The average Bonchev–Trinajstić information content (AvgIpc) is 3.18. The number of carbonyl (C=O) groups excluding carboxylic acids is 4. The molecule has 1 aromatic rings. The fourth-order valence-electron chi connectivity index (χ4n) is 3.66. The lowest BCUT2D eigenvalue weighted by molar-refractivity contribution is -0.129. The molecule has 5 N–H and O–H groups in total.